The first-order valence-electron chi connectivity index (χ1n) is 6.88. The fraction of sp³-hybridized carbons (Fsp3) is 0.400. The summed E-state index contributed by atoms with van der Waals surface area (Å²) >= 11 is 0. The molecule has 0 atom stereocenters. The average Bonchev–Trinajstić information content (AvgIpc) is 2.45. The molecule has 1 aromatic carbocycles. The number of halogens is 2. The molecule has 1 saturated heterocycles. The highest BCUT2D eigenvalue weighted by atomic mass is 19.1. The van der Waals surface area contributed by atoms with Crippen molar-refractivity contribution in [2.45, 2.75) is 6.92 Å². The van der Waals surface area contributed by atoms with Crippen molar-refractivity contribution in [3.63, 3.8) is 0 Å². The van der Waals surface area contributed by atoms with Crippen molar-refractivity contribution in [1.82, 2.24) is 4.90 Å². The van der Waals surface area contributed by atoms with Crippen LogP contribution in [0.4, 0.5) is 14.5 Å². The lowest BCUT2D eigenvalue weighted by Crippen LogP contribution is -2.46. The highest BCUT2D eigenvalue weighted by molar-refractivity contribution is 5.85. The van der Waals surface area contributed by atoms with E-state index in [4.69, 9.17) is 5.11 Å². The van der Waals surface area contributed by atoms with Gasteiger partial charge in [0.15, 0.2) is 0 Å². The summed E-state index contributed by atoms with van der Waals surface area (Å²) < 4.78 is 28.2. The molecule has 1 aliphatic heterocycles. The summed E-state index contributed by atoms with van der Waals surface area (Å²) in [5.74, 6) is -2.48. The Hall–Kier alpha value is -1.95. The number of anilines is 1. The van der Waals surface area contributed by atoms with E-state index in [-0.39, 0.29) is 11.3 Å². The molecule has 1 N–H and O–H groups in total. The SMILES string of the molecule is CCN1CCN(c2c(F)cc(C=CC(=O)O)cc2F)CC1. The van der Waals surface area contributed by atoms with E-state index < -0.39 is 17.6 Å². The number of carboxylic acids is 1. The summed E-state index contributed by atoms with van der Waals surface area (Å²) in [5, 5.41) is 8.53. The lowest BCUT2D eigenvalue weighted by Gasteiger charge is -2.35. The zero-order valence-corrected chi connectivity index (χ0v) is 11.9. The van der Waals surface area contributed by atoms with Gasteiger partial charge in [0.05, 0.1) is 0 Å². The molecule has 0 aromatic heterocycles. The number of nitrogens with zero attached hydrogens (tertiary/aromatic N) is 2. The predicted octanol–water partition coefficient (Wildman–Crippen LogP) is 2.20. The van der Waals surface area contributed by atoms with E-state index >= 15 is 0 Å². The van der Waals surface area contributed by atoms with Crippen LogP contribution < -0.4 is 4.90 Å². The van der Waals surface area contributed by atoms with Crippen LogP contribution in [0.3, 0.4) is 0 Å². The normalized spacial score (nSPS) is 16.6. The fourth-order valence-electron chi connectivity index (χ4n) is 2.44. The Morgan fingerprint density at radius 1 is 1.24 bits per heavy atom. The third-order valence-electron chi connectivity index (χ3n) is 3.59. The number of hydrogen-bond acceptors (Lipinski definition) is 3. The maximum Gasteiger partial charge on any atom is 0.328 e. The minimum absolute atomic E-state index is 0.0294. The van der Waals surface area contributed by atoms with Gasteiger partial charge in [-0.3, -0.25) is 0 Å². The maximum atomic E-state index is 14.1. The highest BCUT2D eigenvalue weighted by Crippen LogP contribution is 2.26. The van der Waals surface area contributed by atoms with E-state index in [9.17, 15) is 13.6 Å². The van der Waals surface area contributed by atoms with Gasteiger partial charge in [-0.05, 0) is 30.3 Å². The molecule has 1 heterocycles. The van der Waals surface area contributed by atoms with E-state index in [1.54, 1.807) is 4.90 Å². The Kier molecular flexibility index (Phi) is 4.90. The minimum atomic E-state index is -1.16. The first kappa shape index (κ1) is 15.4. The molecular weight excluding hydrogens is 278 g/mol. The second kappa shape index (κ2) is 6.67. The summed E-state index contributed by atoms with van der Waals surface area (Å²) in [6, 6.07) is 2.31. The number of piperazine rings is 1. The number of benzene rings is 1. The summed E-state index contributed by atoms with van der Waals surface area (Å²) in [7, 11) is 0. The van der Waals surface area contributed by atoms with Crippen LogP contribution in [0.1, 0.15) is 12.5 Å². The molecule has 21 heavy (non-hydrogen) atoms. The number of carboxylic acid groups (broad SMARTS) is 1. The summed E-state index contributed by atoms with van der Waals surface area (Å²) in [5.41, 5.74) is 0.168. The molecule has 0 aliphatic carbocycles. The molecule has 0 bridgehead atoms. The molecule has 4 nitrogen and oxygen atoms in total. The van der Waals surface area contributed by atoms with Crippen LogP contribution in [0.5, 0.6) is 0 Å². The maximum absolute atomic E-state index is 14.1. The van der Waals surface area contributed by atoms with Gasteiger partial charge < -0.3 is 14.9 Å². The fourth-order valence-corrected chi connectivity index (χ4v) is 2.44. The highest BCUT2D eigenvalue weighted by Gasteiger charge is 2.22. The smallest absolute Gasteiger partial charge is 0.328 e. The van der Waals surface area contributed by atoms with Crippen molar-refractivity contribution in [1.29, 1.82) is 0 Å². The third kappa shape index (κ3) is 3.78. The van der Waals surface area contributed by atoms with Crippen LogP contribution >= 0.6 is 0 Å². The van der Waals surface area contributed by atoms with E-state index in [1.165, 1.54) is 6.08 Å². The number of aliphatic carboxylic acids is 1. The quantitative estimate of drug-likeness (QED) is 0.865. The van der Waals surface area contributed by atoms with Gasteiger partial charge >= 0.3 is 5.97 Å². The summed E-state index contributed by atoms with van der Waals surface area (Å²) in [6.45, 7) is 5.68. The van der Waals surface area contributed by atoms with Crippen molar-refractivity contribution in [3.05, 3.63) is 35.4 Å². The summed E-state index contributed by atoms with van der Waals surface area (Å²) in [6.07, 6.45) is 2.03. The Labute approximate surface area is 122 Å². The molecule has 0 radical (unpaired) electrons. The largest absolute Gasteiger partial charge is 0.478 e. The van der Waals surface area contributed by atoms with Gasteiger partial charge in [-0.25, -0.2) is 13.6 Å². The molecule has 0 saturated carbocycles. The van der Waals surface area contributed by atoms with E-state index in [0.717, 1.165) is 37.8 Å². The topological polar surface area (TPSA) is 43.8 Å². The molecule has 0 spiro atoms. The van der Waals surface area contributed by atoms with Crippen molar-refractivity contribution in [3.8, 4) is 0 Å². The van der Waals surface area contributed by atoms with Crippen LogP contribution in [0.2, 0.25) is 0 Å². The van der Waals surface area contributed by atoms with Crippen molar-refractivity contribution in [2.24, 2.45) is 0 Å². The van der Waals surface area contributed by atoms with Gasteiger partial charge in [0, 0.05) is 32.3 Å². The number of hydrogen-bond donors (Lipinski definition) is 1. The monoisotopic (exact) mass is 296 g/mol. The molecule has 1 aromatic rings. The van der Waals surface area contributed by atoms with Crippen molar-refractivity contribution in [2.75, 3.05) is 37.6 Å². The average molecular weight is 296 g/mol. The third-order valence-corrected chi connectivity index (χ3v) is 3.59. The molecule has 2 rings (SSSR count). The zero-order chi connectivity index (χ0) is 15.4. The minimum Gasteiger partial charge on any atom is -0.478 e. The van der Waals surface area contributed by atoms with E-state index in [0.29, 0.717) is 13.1 Å². The van der Waals surface area contributed by atoms with Crippen molar-refractivity contribution >= 4 is 17.7 Å². The second-order valence-corrected chi connectivity index (χ2v) is 4.93. The van der Waals surface area contributed by atoms with Crippen LogP contribution in [0.25, 0.3) is 6.08 Å². The lowest BCUT2D eigenvalue weighted by atomic mass is 10.1. The van der Waals surface area contributed by atoms with Gasteiger partial charge in [-0.15, -0.1) is 0 Å². The molecule has 1 aliphatic rings. The van der Waals surface area contributed by atoms with Gasteiger partial charge in [-0.1, -0.05) is 6.92 Å². The molecule has 0 unspecified atom stereocenters. The molecule has 6 heteroatoms. The Morgan fingerprint density at radius 3 is 2.29 bits per heavy atom. The van der Waals surface area contributed by atoms with Gasteiger partial charge in [-0.2, -0.15) is 0 Å². The zero-order valence-electron chi connectivity index (χ0n) is 11.9. The van der Waals surface area contributed by atoms with Crippen LogP contribution in [-0.2, 0) is 4.79 Å². The predicted molar refractivity (Wildman–Crippen MR) is 77.4 cm³/mol. The van der Waals surface area contributed by atoms with Crippen LogP contribution in [0, 0.1) is 11.6 Å². The molecule has 0 amide bonds. The van der Waals surface area contributed by atoms with Gasteiger partial charge in [0.2, 0.25) is 0 Å². The first-order chi connectivity index (χ1) is 10.0. The first-order valence-corrected chi connectivity index (χ1v) is 6.88. The van der Waals surface area contributed by atoms with Crippen molar-refractivity contribution < 1.29 is 18.7 Å². The number of likely N-dealkylation sites (N-methyl/N-ethyl adjacent to an activating group) is 1. The number of rotatable bonds is 4. The van der Waals surface area contributed by atoms with E-state index in [1.807, 2.05) is 0 Å². The lowest BCUT2D eigenvalue weighted by molar-refractivity contribution is -0.131. The molecule has 114 valence electrons. The van der Waals surface area contributed by atoms with Crippen LogP contribution in [-0.4, -0.2) is 48.7 Å². The summed E-state index contributed by atoms with van der Waals surface area (Å²) in [4.78, 5) is 14.3. The van der Waals surface area contributed by atoms with Gasteiger partial charge in [0.1, 0.15) is 17.3 Å². The van der Waals surface area contributed by atoms with E-state index in [2.05, 4.69) is 11.8 Å². The Balaban J connectivity index is 2.19. The Bertz CT molecular complexity index is 530. The number of carbonyl (C=O) groups is 1. The second-order valence-electron chi connectivity index (χ2n) is 4.93. The van der Waals surface area contributed by atoms with Gasteiger partial charge in [0.25, 0.3) is 0 Å². The molecule has 1 fully saturated rings. The van der Waals surface area contributed by atoms with Crippen LogP contribution in [0.15, 0.2) is 18.2 Å². The molecular formula is C15H18F2N2O2. The standard InChI is InChI=1S/C15H18F2N2O2/c1-2-18-5-7-19(8-6-18)15-12(16)9-11(10-13(15)17)3-4-14(20)21/h3-4,9-10H,2,5-8H2,1H3,(H,20,21). The Morgan fingerprint density at radius 2 is 1.81 bits per heavy atom.